The number of ketones is 2. The molecule has 0 aromatic carbocycles. The summed E-state index contributed by atoms with van der Waals surface area (Å²) >= 11 is 0. The molecule has 306 valence electrons. The van der Waals surface area contributed by atoms with Crippen molar-refractivity contribution in [3.05, 3.63) is 54.5 Å². The smallest absolute Gasteiger partial charge is 0.316 e. The molecular weight excluding hydrogens is 714 g/mol. The van der Waals surface area contributed by atoms with Gasteiger partial charge < -0.3 is 38.7 Å². The van der Waals surface area contributed by atoms with E-state index in [4.69, 9.17) is 23.7 Å². The summed E-state index contributed by atoms with van der Waals surface area (Å²) in [5.74, 6) is 1.31. The molecule has 0 bridgehead atoms. The van der Waals surface area contributed by atoms with E-state index in [2.05, 4.69) is 28.4 Å². The van der Waals surface area contributed by atoms with Gasteiger partial charge in [-0.3, -0.25) is 19.4 Å². The van der Waals surface area contributed by atoms with Crippen LogP contribution < -0.4 is 0 Å². The standard InChI is InChI=1S/C44H61N3O9/c1-12-35-44(9)36(26(3)24-53-44)28(5)37(48)25(2)21-43(8,52-18-14-15-31-20-32(23-45-22-31)33-16-13-17-46-33)40(29(6)38(49)30(7)41(51)55-35)56-42-39(50)34(47(10)11)19-27(4)54-42/h13,16-17,20,22-23,25,27-30,34-36,39-40,42,46,50H,3,12,18-19,21,24H2,1-2,4-11H3/t25?,27-,28?,29-,30+,34?,35?,36?,39-,40+,42+,43?,44+/m0/s1. The number of hydrogen-bond donors (Lipinski definition) is 2. The van der Waals surface area contributed by atoms with Gasteiger partial charge in [0.1, 0.15) is 36.1 Å². The van der Waals surface area contributed by atoms with E-state index in [-0.39, 0.29) is 37.6 Å². The first-order chi connectivity index (χ1) is 26.4. The highest BCUT2D eigenvalue weighted by Gasteiger charge is 2.55. The number of aromatic nitrogens is 2. The van der Waals surface area contributed by atoms with E-state index in [1.165, 1.54) is 6.92 Å². The van der Waals surface area contributed by atoms with Crippen molar-refractivity contribution in [2.24, 2.45) is 29.6 Å². The number of cyclic esters (lactones) is 1. The van der Waals surface area contributed by atoms with Crippen LogP contribution in [-0.4, -0.2) is 113 Å². The summed E-state index contributed by atoms with van der Waals surface area (Å²) in [6.45, 7) is 18.8. The molecule has 0 radical (unpaired) electrons. The lowest BCUT2D eigenvalue weighted by Gasteiger charge is -2.47. The number of nitrogens with zero attached hydrogens (tertiary/aromatic N) is 2. The topological polar surface area (TPSA) is 150 Å². The first-order valence-corrected chi connectivity index (χ1v) is 19.9. The zero-order valence-corrected chi connectivity index (χ0v) is 34.7. The zero-order valence-electron chi connectivity index (χ0n) is 34.7. The Labute approximate surface area is 332 Å². The maximum Gasteiger partial charge on any atom is 0.316 e. The van der Waals surface area contributed by atoms with Gasteiger partial charge >= 0.3 is 5.97 Å². The molecule has 0 aliphatic carbocycles. The Hall–Kier alpha value is -3.70. The maximum absolute atomic E-state index is 14.6. The number of Topliss-reactive ketones (excluding diaryl/α,β-unsaturated/α-hetero) is 2. The lowest BCUT2D eigenvalue weighted by atomic mass is 9.69. The van der Waals surface area contributed by atoms with Gasteiger partial charge in [0.05, 0.1) is 24.4 Å². The summed E-state index contributed by atoms with van der Waals surface area (Å²) in [7, 11) is 3.76. The van der Waals surface area contributed by atoms with E-state index in [0.29, 0.717) is 18.4 Å². The molecule has 3 aliphatic heterocycles. The molecule has 3 saturated heterocycles. The SMILES string of the molecule is C=C1CO[C@]2(C)C(CC)OC(=O)[C@H](C)C(=O)[C@H](C)[C@@H](O[C@H]3O[C@@H](C)CC(N(C)C)[C@@H]3O)C(C)(OCC#Cc3cncc(-c4ccc[nH]4)c3)CC(C)C(=O)C(C)C12. The van der Waals surface area contributed by atoms with Crippen LogP contribution >= 0.6 is 0 Å². The van der Waals surface area contributed by atoms with Crippen LogP contribution in [0.3, 0.4) is 0 Å². The molecule has 2 aromatic rings. The fraction of sp³-hybridized carbons (Fsp3) is 0.636. The van der Waals surface area contributed by atoms with E-state index in [9.17, 15) is 19.5 Å². The van der Waals surface area contributed by atoms with Crippen molar-refractivity contribution in [3.8, 4) is 23.1 Å². The Morgan fingerprint density at radius 1 is 1.09 bits per heavy atom. The van der Waals surface area contributed by atoms with Crippen LogP contribution in [0.4, 0.5) is 0 Å². The van der Waals surface area contributed by atoms with Crippen molar-refractivity contribution in [2.45, 2.75) is 123 Å². The first kappa shape index (κ1) is 43.4. The van der Waals surface area contributed by atoms with Crippen LogP contribution in [0.1, 0.15) is 80.2 Å². The van der Waals surface area contributed by atoms with E-state index in [0.717, 1.165) is 16.8 Å². The highest BCUT2D eigenvalue weighted by molar-refractivity contribution is 6.00. The van der Waals surface area contributed by atoms with Crippen molar-refractivity contribution in [3.63, 3.8) is 0 Å². The van der Waals surface area contributed by atoms with Crippen molar-refractivity contribution in [1.29, 1.82) is 0 Å². The molecule has 5 heterocycles. The van der Waals surface area contributed by atoms with Crippen molar-refractivity contribution in [2.75, 3.05) is 27.3 Å². The fourth-order valence-corrected chi connectivity index (χ4v) is 9.16. The van der Waals surface area contributed by atoms with Gasteiger partial charge in [-0.05, 0) is 84.8 Å². The third-order valence-corrected chi connectivity index (χ3v) is 12.2. The average molecular weight is 776 g/mol. The number of H-pyrrole nitrogens is 1. The molecule has 3 aliphatic rings. The van der Waals surface area contributed by atoms with Gasteiger partial charge in [0, 0.05) is 65.1 Å². The summed E-state index contributed by atoms with van der Waals surface area (Å²) in [5, 5.41) is 11.6. The predicted octanol–water partition coefficient (Wildman–Crippen LogP) is 5.38. The van der Waals surface area contributed by atoms with Crippen LogP contribution in [0, 0.1) is 41.4 Å². The van der Waals surface area contributed by atoms with E-state index in [1.54, 1.807) is 26.2 Å². The van der Waals surface area contributed by atoms with E-state index in [1.807, 2.05) is 78.0 Å². The van der Waals surface area contributed by atoms with Crippen LogP contribution in [0.5, 0.6) is 0 Å². The van der Waals surface area contributed by atoms with Crippen molar-refractivity contribution < 1.29 is 43.2 Å². The van der Waals surface area contributed by atoms with Gasteiger partial charge in [-0.25, -0.2) is 0 Å². The number of rotatable bonds is 7. The quantitative estimate of drug-likeness (QED) is 0.162. The summed E-state index contributed by atoms with van der Waals surface area (Å²) in [5.41, 5.74) is 0.823. The number of aliphatic hydroxyl groups is 1. The second-order valence-corrected chi connectivity index (χ2v) is 16.7. The first-order valence-electron chi connectivity index (χ1n) is 19.9. The molecule has 5 rings (SSSR count). The third kappa shape index (κ3) is 9.04. The fourth-order valence-electron chi connectivity index (χ4n) is 9.16. The predicted molar refractivity (Wildman–Crippen MR) is 211 cm³/mol. The summed E-state index contributed by atoms with van der Waals surface area (Å²) < 4.78 is 32.1. The number of hydrogen-bond acceptors (Lipinski definition) is 11. The molecule has 12 heteroatoms. The van der Waals surface area contributed by atoms with Crippen LogP contribution in [0.2, 0.25) is 0 Å². The molecule has 6 unspecified atom stereocenters. The summed E-state index contributed by atoms with van der Waals surface area (Å²) in [6.07, 6.45) is 2.05. The minimum absolute atomic E-state index is 0.0550. The minimum Gasteiger partial charge on any atom is -0.459 e. The number of carbonyl (C=O) groups excluding carboxylic acids is 3. The summed E-state index contributed by atoms with van der Waals surface area (Å²) in [4.78, 5) is 52.4. The Kier molecular flexibility index (Phi) is 13.8. The molecule has 2 aromatic heterocycles. The molecule has 0 spiro atoms. The largest absolute Gasteiger partial charge is 0.459 e. The van der Waals surface area contributed by atoms with Gasteiger partial charge in [0.15, 0.2) is 12.1 Å². The molecule has 56 heavy (non-hydrogen) atoms. The Bertz CT molecular complexity index is 1780. The van der Waals surface area contributed by atoms with Gasteiger partial charge in [-0.2, -0.15) is 0 Å². The molecule has 12 nitrogen and oxygen atoms in total. The second-order valence-electron chi connectivity index (χ2n) is 16.7. The van der Waals surface area contributed by atoms with Crippen LogP contribution in [-0.2, 0) is 38.1 Å². The van der Waals surface area contributed by atoms with Crippen molar-refractivity contribution in [1.82, 2.24) is 14.9 Å². The number of nitrogens with one attached hydrogen (secondary N) is 1. The number of esters is 1. The normalized spacial score (nSPS) is 37.4. The molecule has 3 fully saturated rings. The Morgan fingerprint density at radius 2 is 1.82 bits per heavy atom. The molecule has 2 N–H and O–H groups in total. The van der Waals surface area contributed by atoms with Crippen molar-refractivity contribution >= 4 is 17.5 Å². The van der Waals surface area contributed by atoms with E-state index >= 15 is 0 Å². The third-order valence-electron chi connectivity index (χ3n) is 12.2. The average Bonchev–Trinajstić information content (AvgIpc) is 3.82. The lowest BCUT2D eigenvalue weighted by Crippen LogP contribution is -2.59. The molecule has 0 amide bonds. The lowest BCUT2D eigenvalue weighted by molar-refractivity contribution is -0.296. The number of likely N-dealkylation sites (N-methyl/N-ethyl adjacent to an activating group) is 1. The molecule has 13 atom stereocenters. The van der Waals surface area contributed by atoms with Gasteiger partial charge in [0.2, 0.25) is 0 Å². The summed E-state index contributed by atoms with van der Waals surface area (Å²) in [6, 6.07) is 5.49. The van der Waals surface area contributed by atoms with Gasteiger partial charge in [-0.15, -0.1) is 0 Å². The monoisotopic (exact) mass is 775 g/mol. The van der Waals surface area contributed by atoms with Crippen LogP contribution in [0.25, 0.3) is 11.3 Å². The highest BCUT2D eigenvalue weighted by atomic mass is 16.7. The van der Waals surface area contributed by atoms with Gasteiger partial charge in [0.25, 0.3) is 0 Å². The molecular formula is C44H61N3O9. The molecule has 0 saturated carbocycles. The number of carbonyl (C=O) groups is 3. The Morgan fingerprint density at radius 3 is 2.48 bits per heavy atom. The van der Waals surface area contributed by atoms with Crippen LogP contribution in [0.15, 0.2) is 48.9 Å². The zero-order chi connectivity index (χ0) is 41.1. The number of aliphatic hydroxyl groups excluding tert-OH is 1. The Balaban J connectivity index is 1.56. The second kappa shape index (κ2) is 17.8. The minimum atomic E-state index is -1.35. The van der Waals surface area contributed by atoms with E-state index < -0.39 is 77.1 Å². The maximum atomic E-state index is 14.6. The number of aromatic amines is 1. The number of ether oxygens (including phenoxy) is 5. The van der Waals surface area contributed by atoms with Gasteiger partial charge in [-0.1, -0.05) is 46.1 Å². The highest BCUT2D eigenvalue weighted by Crippen LogP contribution is 2.46. The number of pyridine rings is 1. The number of fused-ring (bicyclic) bond motifs is 1.